The average Bonchev–Trinajstić information content (AvgIpc) is 3.56. The van der Waals surface area contributed by atoms with E-state index in [0.29, 0.717) is 25.7 Å². The van der Waals surface area contributed by atoms with Gasteiger partial charge in [0.1, 0.15) is 19.3 Å². The number of allylic oxidation sites excluding steroid dienone is 4. The van der Waals surface area contributed by atoms with Crippen LogP contribution in [0.4, 0.5) is 0 Å². The standard InChI is InChI=1S/C66H124O17P2/c1-8-12-13-14-15-16-17-18-19-20-21-22-23-33-40-47-63(68)76-53-61(82-65(70)49-42-35-28-25-31-38-45-58(6)10-3)55-80-84(72,73)78-51-60(67)52-79-85(74,75)81-56-62(83-66(71)50-43-36-29-26-32-39-46-59(7)11-4)54-77-64(69)48-41-34-27-24-30-37-44-57(5)9-2/h16-19,57-62,67H,8-15,20-56H2,1-7H3,(H,72,73)(H,74,75)/b17-16-,19-18-/t57?,58?,59?,60-,61-,62-/m1/s1. The van der Waals surface area contributed by atoms with E-state index in [1.165, 1.54) is 83.5 Å². The Hall–Kier alpha value is -2.46. The molecule has 0 saturated carbocycles. The first kappa shape index (κ1) is 82.5. The Morgan fingerprint density at radius 1 is 0.376 bits per heavy atom. The highest BCUT2D eigenvalue weighted by Gasteiger charge is 2.30. The maximum Gasteiger partial charge on any atom is 0.472 e. The molecule has 0 aromatic heterocycles. The number of unbranched alkanes of at least 4 members (excludes halogenated alkanes) is 24. The fraction of sp³-hybridized carbons (Fsp3) is 0.879. The number of hydrogen-bond donors (Lipinski definition) is 3. The molecule has 19 heteroatoms. The van der Waals surface area contributed by atoms with Gasteiger partial charge in [-0.2, -0.15) is 0 Å². The van der Waals surface area contributed by atoms with E-state index >= 15 is 0 Å². The molecule has 0 radical (unpaired) electrons. The predicted molar refractivity (Wildman–Crippen MR) is 340 cm³/mol. The summed E-state index contributed by atoms with van der Waals surface area (Å²) in [6, 6.07) is 0. The van der Waals surface area contributed by atoms with Gasteiger partial charge in [-0.05, 0) is 69.1 Å². The SMILES string of the molecule is CCCCCC/C=C\C=C/CCCCCCCC(=O)OC[C@H](COP(=O)(O)OC[C@@H](O)COP(=O)(O)OC[C@@H](COC(=O)CCCCCCCCC(C)CC)OC(=O)CCCCCCCCC(C)CC)OC(=O)CCCCCCCCC(C)CC. The molecule has 0 aromatic rings. The van der Waals surface area contributed by atoms with E-state index in [2.05, 4.69) is 72.8 Å². The molecule has 500 valence electrons. The van der Waals surface area contributed by atoms with Crippen molar-refractivity contribution in [3.63, 3.8) is 0 Å². The first-order chi connectivity index (χ1) is 40.8. The Morgan fingerprint density at radius 3 is 0.988 bits per heavy atom. The molecule has 5 unspecified atom stereocenters. The van der Waals surface area contributed by atoms with Crippen LogP contribution in [0.5, 0.6) is 0 Å². The van der Waals surface area contributed by atoms with Gasteiger partial charge < -0.3 is 33.8 Å². The van der Waals surface area contributed by atoms with Crippen molar-refractivity contribution in [2.45, 2.75) is 317 Å². The number of hydrogen-bond acceptors (Lipinski definition) is 15. The third-order valence-electron chi connectivity index (χ3n) is 15.6. The molecule has 0 rings (SSSR count). The molecule has 0 saturated heterocycles. The summed E-state index contributed by atoms with van der Waals surface area (Å²) in [4.78, 5) is 72.3. The van der Waals surface area contributed by atoms with Crippen LogP contribution in [0.15, 0.2) is 24.3 Å². The molecule has 3 N–H and O–H groups in total. The number of rotatable bonds is 62. The zero-order valence-corrected chi connectivity index (χ0v) is 56.3. The molecule has 0 aliphatic carbocycles. The van der Waals surface area contributed by atoms with Crippen molar-refractivity contribution in [2.24, 2.45) is 17.8 Å². The van der Waals surface area contributed by atoms with Crippen molar-refractivity contribution in [2.75, 3.05) is 39.6 Å². The van der Waals surface area contributed by atoms with Crippen molar-refractivity contribution in [1.29, 1.82) is 0 Å². The van der Waals surface area contributed by atoms with E-state index in [-0.39, 0.29) is 25.7 Å². The minimum atomic E-state index is -4.95. The van der Waals surface area contributed by atoms with Crippen LogP contribution in [-0.4, -0.2) is 96.7 Å². The van der Waals surface area contributed by atoms with Gasteiger partial charge >= 0.3 is 39.5 Å². The number of aliphatic hydroxyl groups excluding tert-OH is 1. The smallest absolute Gasteiger partial charge is 0.462 e. The van der Waals surface area contributed by atoms with E-state index in [9.17, 15) is 43.2 Å². The van der Waals surface area contributed by atoms with Crippen LogP contribution < -0.4 is 0 Å². The summed E-state index contributed by atoms with van der Waals surface area (Å²) in [7, 11) is -9.90. The zero-order chi connectivity index (χ0) is 63.1. The van der Waals surface area contributed by atoms with Crippen molar-refractivity contribution >= 4 is 39.5 Å². The van der Waals surface area contributed by atoms with E-state index in [1.54, 1.807) is 0 Å². The van der Waals surface area contributed by atoms with Crippen LogP contribution in [-0.2, 0) is 65.4 Å². The lowest BCUT2D eigenvalue weighted by Gasteiger charge is -2.21. The molecule has 0 spiro atoms. The lowest BCUT2D eigenvalue weighted by molar-refractivity contribution is -0.161. The van der Waals surface area contributed by atoms with E-state index in [1.807, 2.05) is 0 Å². The van der Waals surface area contributed by atoms with Crippen molar-refractivity contribution < 1.29 is 80.2 Å². The normalized spacial score (nSPS) is 15.5. The maximum absolute atomic E-state index is 13.0. The highest BCUT2D eigenvalue weighted by Crippen LogP contribution is 2.45. The first-order valence-electron chi connectivity index (χ1n) is 33.8. The Labute approximate surface area is 516 Å². The van der Waals surface area contributed by atoms with Gasteiger partial charge in [-0.15, -0.1) is 0 Å². The first-order valence-corrected chi connectivity index (χ1v) is 36.8. The van der Waals surface area contributed by atoms with Gasteiger partial charge in [0.05, 0.1) is 26.4 Å². The fourth-order valence-corrected chi connectivity index (χ4v) is 10.8. The van der Waals surface area contributed by atoms with Crippen LogP contribution >= 0.6 is 15.6 Å². The molecule has 0 heterocycles. The van der Waals surface area contributed by atoms with Gasteiger partial charge in [0, 0.05) is 25.7 Å². The van der Waals surface area contributed by atoms with E-state index in [4.69, 9.17) is 37.0 Å². The average molecular weight is 1250 g/mol. The van der Waals surface area contributed by atoms with Gasteiger partial charge in [-0.1, -0.05) is 246 Å². The second kappa shape index (κ2) is 56.8. The largest absolute Gasteiger partial charge is 0.472 e. The number of esters is 4. The minimum Gasteiger partial charge on any atom is -0.462 e. The summed E-state index contributed by atoms with van der Waals surface area (Å²) in [5, 5.41) is 10.5. The molecule has 17 nitrogen and oxygen atoms in total. The second-order valence-corrected chi connectivity index (χ2v) is 26.8. The lowest BCUT2D eigenvalue weighted by atomic mass is 10.00. The fourth-order valence-electron chi connectivity index (χ4n) is 9.20. The van der Waals surface area contributed by atoms with Gasteiger partial charge in [-0.3, -0.25) is 37.3 Å². The van der Waals surface area contributed by atoms with E-state index < -0.39 is 97.5 Å². The monoisotopic (exact) mass is 1250 g/mol. The molecule has 85 heavy (non-hydrogen) atoms. The number of aliphatic hydroxyl groups is 1. The maximum atomic E-state index is 13.0. The predicted octanol–water partition coefficient (Wildman–Crippen LogP) is 17.8. The van der Waals surface area contributed by atoms with Crippen LogP contribution in [0, 0.1) is 17.8 Å². The summed E-state index contributed by atoms with van der Waals surface area (Å²) >= 11 is 0. The van der Waals surface area contributed by atoms with Crippen LogP contribution in [0.2, 0.25) is 0 Å². The number of carbonyl (C=O) groups excluding carboxylic acids is 4. The highest BCUT2D eigenvalue weighted by molar-refractivity contribution is 7.47. The van der Waals surface area contributed by atoms with Crippen LogP contribution in [0.3, 0.4) is 0 Å². The summed E-state index contributed by atoms with van der Waals surface area (Å²) in [5.74, 6) is -0.00592. The molecule has 8 atom stereocenters. The number of phosphoric acid groups is 2. The zero-order valence-electron chi connectivity index (χ0n) is 54.5. The molecule has 0 bridgehead atoms. The molecule has 0 aromatic carbocycles. The van der Waals surface area contributed by atoms with Gasteiger partial charge in [0.25, 0.3) is 0 Å². The molecule has 0 fully saturated rings. The molecular weight excluding hydrogens is 1130 g/mol. The van der Waals surface area contributed by atoms with Crippen LogP contribution in [0.1, 0.15) is 299 Å². The second-order valence-electron chi connectivity index (χ2n) is 23.9. The molecule has 0 aliphatic heterocycles. The van der Waals surface area contributed by atoms with Gasteiger partial charge in [0.2, 0.25) is 0 Å². The van der Waals surface area contributed by atoms with Crippen molar-refractivity contribution in [3.05, 3.63) is 24.3 Å². The Balaban J connectivity index is 5.27. The Bertz CT molecular complexity index is 1780. The highest BCUT2D eigenvalue weighted by atomic mass is 31.2. The quantitative estimate of drug-likeness (QED) is 0.0169. The number of phosphoric ester groups is 2. The Kier molecular flexibility index (Phi) is 55.1. The third-order valence-corrected chi connectivity index (χ3v) is 17.5. The summed E-state index contributed by atoms with van der Waals surface area (Å²) in [5.41, 5.74) is 0. The summed E-state index contributed by atoms with van der Waals surface area (Å²) in [6.07, 6.45) is 41.3. The topological polar surface area (TPSA) is 237 Å². The number of carbonyl (C=O) groups is 4. The minimum absolute atomic E-state index is 0.0954. The molecular formula is C66H124O17P2. The van der Waals surface area contributed by atoms with Gasteiger partial charge in [-0.25, -0.2) is 9.13 Å². The number of ether oxygens (including phenoxy) is 4. The molecule has 0 aliphatic rings. The van der Waals surface area contributed by atoms with Crippen molar-refractivity contribution in [3.8, 4) is 0 Å². The lowest BCUT2D eigenvalue weighted by Crippen LogP contribution is -2.30. The summed E-state index contributed by atoms with van der Waals surface area (Å²) < 4.78 is 68.0. The van der Waals surface area contributed by atoms with Crippen molar-refractivity contribution in [1.82, 2.24) is 0 Å². The Morgan fingerprint density at radius 2 is 0.659 bits per heavy atom. The van der Waals surface area contributed by atoms with Crippen LogP contribution in [0.25, 0.3) is 0 Å². The molecule has 0 amide bonds. The summed E-state index contributed by atoms with van der Waals surface area (Å²) in [6.45, 7) is 11.6. The van der Waals surface area contributed by atoms with Gasteiger partial charge in [0.15, 0.2) is 12.2 Å². The van der Waals surface area contributed by atoms with E-state index in [0.717, 1.165) is 133 Å². The third kappa shape index (κ3) is 56.5.